The maximum absolute atomic E-state index is 12.6. The van der Waals surface area contributed by atoms with Crippen molar-refractivity contribution in [1.82, 2.24) is 4.90 Å². The highest BCUT2D eigenvalue weighted by molar-refractivity contribution is 8.00. The molecule has 1 unspecified atom stereocenters. The number of fused-ring (bicyclic) bond motifs is 3. The zero-order chi connectivity index (χ0) is 18.3. The quantitative estimate of drug-likeness (QED) is 0.892. The SMILES string of the molecule is CC1SC[C@@H](C(=O)O)N1C(=O)OCC1c2ccccc2-c2ccccc21. The number of benzene rings is 2. The van der Waals surface area contributed by atoms with Gasteiger partial charge in [-0.05, 0) is 29.2 Å². The van der Waals surface area contributed by atoms with E-state index in [1.165, 1.54) is 16.7 Å². The Hall–Kier alpha value is -2.47. The smallest absolute Gasteiger partial charge is 0.411 e. The minimum atomic E-state index is -0.990. The monoisotopic (exact) mass is 369 g/mol. The van der Waals surface area contributed by atoms with E-state index < -0.39 is 18.1 Å². The zero-order valence-corrected chi connectivity index (χ0v) is 15.1. The number of rotatable bonds is 3. The predicted molar refractivity (Wildman–Crippen MR) is 100 cm³/mol. The molecule has 2 aromatic carbocycles. The second-order valence-electron chi connectivity index (χ2n) is 6.50. The van der Waals surface area contributed by atoms with Gasteiger partial charge in [-0.15, -0.1) is 11.8 Å². The molecule has 1 saturated heterocycles. The third-order valence-electron chi connectivity index (χ3n) is 5.05. The lowest BCUT2D eigenvalue weighted by atomic mass is 9.98. The Morgan fingerprint density at radius 3 is 2.27 bits per heavy atom. The number of hydrogen-bond donors (Lipinski definition) is 1. The van der Waals surface area contributed by atoms with Crippen LogP contribution in [0.3, 0.4) is 0 Å². The zero-order valence-electron chi connectivity index (χ0n) is 14.3. The van der Waals surface area contributed by atoms with E-state index in [1.54, 1.807) is 0 Å². The Kier molecular flexibility index (Phi) is 4.36. The third kappa shape index (κ3) is 2.74. The molecule has 5 nitrogen and oxygen atoms in total. The van der Waals surface area contributed by atoms with E-state index in [4.69, 9.17) is 4.74 Å². The van der Waals surface area contributed by atoms with Crippen LogP contribution in [-0.4, -0.2) is 45.8 Å². The number of carboxylic acids is 1. The molecule has 0 saturated carbocycles. The molecular formula is C20H19NO4S. The third-order valence-corrected chi connectivity index (χ3v) is 6.27. The first-order chi connectivity index (χ1) is 12.6. The molecule has 1 amide bonds. The highest BCUT2D eigenvalue weighted by Crippen LogP contribution is 2.44. The Balaban J connectivity index is 1.55. The lowest BCUT2D eigenvalue weighted by Gasteiger charge is -2.25. The van der Waals surface area contributed by atoms with Crippen LogP contribution in [0.5, 0.6) is 0 Å². The molecule has 0 spiro atoms. The van der Waals surface area contributed by atoms with Gasteiger partial charge in [0, 0.05) is 11.7 Å². The molecule has 134 valence electrons. The molecule has 4 rings (SSSR count). The van der Waals surface area contributed by atoms with Gasteiger partial charge in [0.1, 0.15) is 12.6 Å². The molecule has 1 aliphatic carbocycles. The summed E-state index contributed by atoms with van der Waals surface area (Å²) >= 11 is 1.45. The van der Waals surface area contributed by atoms with Crippen molar-refractivity contribution in [1.29, 1.82) is 0 Å². The number of carbonyl (C=O) groups is 2. The standard InChI is InChI=1S/C20H19NO4S/c1-12-21(18(11-26-12)19(22)23)20(24)25-10-17-15-8-4-2-6-13(15)14-7-3-5-9-16(14)17/h2-9,12,17-18H,10-11H2,1H3,(H,22,23)/t12?,18-/m0/s1. The van der Waals surface area contributed by atoms with Gasteiger partial charge in [0.15, 0.2) is 0 Å². The molecule has 26 heavy (non-hydrogen) atoms. The van der Waals surface area contributed by atoms with Gasteiger partial charge < -0.3 is 9.84 Å². The van der Waals surface area contributed by atoms with E-state index in [0.717, 1.165) is 22.3 Å². The molecule has 2 aliphatic rings. The molecule has 2 atom stereocenters. The van der Waals surface area contributed by atoms with E-state index in [9.17, 15) is 14.7 Å². The van der Waals surface area contributed by atoms with Crippen LogP contribution in [0.25, 0.3) is 11.1 Å². The molecule has 0 aromatic heterocycles. The van der Waals surface area contributed by atoms with Crippen molar-refractivity contribution >= 4 is 23.8 Å². The summed E-state index contributed by atoms with van der Waals surface area (Å²) in [7, 11) is 0. The maximum Gasteiger partial charge on any atom is 0.411 e. The van der Waals surface area contributed by atoms with E-state index in [-0.39, 0.29) is 17.9 Å². The highest BCUT2D eigenvalue weighted by atomic mass is 32.2. The predicted octanol–water partition coefficient (Wildman–Crippen LogP) is 3.78. The molecule has 0 radical (unpaired) electrons. The molecule has 2 aromatic rings. The van der Waals surface area contributed by atoms with Crippen molar-refractivity contribution in [3.8, 4) is 11.1 Å². The summed E-state index contributed by atoms with van der Waals surface area (Å²) in [5.74, 6) is -0.628. The van der Waals surface area contributed by atoms with Crippen LogP contribution in [0.4, 0.5) is 4.79 Å². The van der Waals surface area contributed by atoms with Crippen LogP contribution in [0.1, 0.15) is 24.0 Å². The highest BCUT2D eigenvalue weighted by Gasteiger charge is 2.41. The molecule has 0 bridgehead atoms. The van der Waals surface area contributed by atoms with Crippen LogP contribution in [0.15, 0.2) is 48.5 Å². The number of amides is 1. The molecule has 1 N–H and O–H groups in total. The van der Waals surface area contributed by atoms with Crippen molar-refractivity contribution < 1.29 is 19.4 Å². The Morgan fingerprint density at radius 2 is 1.69 bits per heavy atom. The Bertz CT molecular complexity index is 823. The lowest BCUT2D eigenvalue weighted by Crippen LogP contribution is -2.45. The fourth-order valence-corrected chi connectivity index (χ4v) is 4.94. The normalized spacial score (nSPS) is 21.3. The van der Waals surface area contributed by atoms with Crippen LogP contribution in [0.2, 0.25) is 0 Å². The minimum absolute atomic E-state index is 0.0276. The summed E-state index contributed by atoms with van der Waals surface area (Å²) < 4.78 is 5.58. The summed E-state index contributed by atoms with van der Waals surface area (Å²) in [5.41, 5.74) is 4.61. The molecule has 1 fully saturated rings. The molecular weight excluding hydrogens is 350 g/mol. The number of thioether (sulfide) groups is 1. The largest absolute Gasteiger partial charge is 0.480 e. The fraction of sp³-hybridized carbons (Fsp3) is 0.300. The minimum Gasteiger partial charge on any atom is -0.480 e. The number of aliphatic carboxylic acids is 1. The van der Waals surface area contributed by atoms with Gasteiger partial charge in [0.05, 0.1) is 5.37 Å². The topological polar surface area (TPSA) is 66.8 Å². The van der Waals surface area contributed by atoms with Gasteiger partial charge in [-0.1, -0.05) is 48.5 Å². The number of nitrogens with zero attached hydrogens (tertiary/aromatic N) is 1. The maximum atomic E-state index is 12.6. The number of carbonyl (C=O) groups excluding carboxylic acids is 1. The van der Waals surface area contributed by atoms with Crippen molar-refractivity contribution in [2.24, 2.45) is 0 Å². The first-order valence-corrected chi connectivity index (χ1v) is 9.60. The van der Waals surface area contributed by atoms with Gasteiger partial charge in [0.25, 0.3) is 0 Å². The average molecular weight is 369 g/mol. The summed E-state index contributed by atoms with van der Waals surface area (Å²) in [6, 6.07) is 15.4. The molecule has 1 heterocycles. The second-order valence-corrected chi connectivity index (χ2v) is 7.85. The van der Waals surface area contributed by atoms with Crippen molar-refractivity contribution in [3.05, 3.63) is 59.7 Å². The van der Waals surface area contributed by atoms with Gasteiger partial charge in [0.2, 0.25) is 0 Å². The summed E-state index contributed by atoms with van der Waals surface area (Å²) in [5, 5.41) is 9.13. The van der Waals surface area contributed by atoms with Gasteiger partial charge >= 0.3 is 12.1 Å². The number of ether oxygens (including phenoxy) is 1. The van der Waals surface area contributed by atoms with Crippen LogP contribution < -0.4 is 0 Å². The summed E-state index contributed by atoms with van der Waals surface area (Å²) in [6.45, 7) is 2.03. The summed E-state index contributed by atoms with van der Waals surface area (Å²) in [6.07, 6.45) is -0.559. The van der Waals surface area contributed by atoms with Gasteiger partial charge in [-0.3, -0.25) is 4.90 Å². The Labute approximate surface area is 156 Å². The van der Waals surface area contributed by atoms with E-state index >= 15 is 0 Å². The van der Waals surface area contributed by atoms with E-state index in [0.29, 0.717) is 5.75 Å². The van der Waals surface area contributed by atoms with Crippen LogP contribution >= 0.6 is 11.8 Å². The van der Waals surface area contributed by atoms with Gasteiger partial charge in [-0.2, -0.15) is 0 Å². The van der Waals surface area contributed by atoms with E-state index in [1.807, 2.05) is 31.2 Å². The fourth-order valence-electron chi connectivity index (χ4n) is 3.78. The van der Waals surface area contributed by atoms with Crippen LogP contribution in [0, 0.1) is 0 Å². The van der Waals surface area contributed by atoms with E-state index in [2.05, 4.69) is 24.3 Å². The lowest BCUT2D eigenvalue weighted by molar-refractivity contribution is -0.141. The number of hydrogen-bond acceptors (Lipinski definition) is 4. The first-order valence-electron chi connectivity index (χ1n) is 8.55. The Morgan fingerprint density at radius 1 is 1.12 bits per heavy atom. The first kappa shape index (κ1) is 17.0. The average Bonchev–Trinajstić information content (AvgIpc) is 3.18. The molecule has 6 heteroatoms. The molecule has 1 aliphatic heterocycles. The van der Waals surface area contributed by atoms with Crippen molar-refractivity contribution in [3.63, 3.8) is 0 Å². The van der Waals surface area contributed by atoms with Crippen LogP contribution in [-0.2, 0) is 9.53 Å². The van der Waals surface area contributed by atoms with Gasteiger partial charge in [-0.25, -0.2) is 9.59 Å². The summed E-state index contributed by atoms with van der Waals surface area (Å²) in [4.78, 5) is 25.3. The van der Waals surface area contributed by atoms with Crippen molar-refractivity contribution in [2.75, 3.05) is 12.4 Å². The van der Waals surface area contributed by atoms with Crippen molar-refractivity contribution in [2.45, 2.75) is 24.3 Å². The number of carboxylic acid groups (broad SMARTS) is 1. The second kappa shape index (κ2) is 6.68.